The Morgan fingerprint density at radius 3 is 2.40 bits per heavy atom. The topological polar surface area (TPSA) is 94.5 Å². The van der Waals surface area contributed by atoms with Crippen molar-refractivity contribution >= 4 is 5.97 Å². The van der Waals surface area contributed by atoms with Gasteiger partial charge in [-0.15, -0.1) is 0 Å². The molecule has 0 bridgehead atoms. The Hall–Kier alpha value is -0.990. The first-order chi connectivity index (χ1) is 14.3. The molecule has 1 fully saturated rings. The number of ether oxygens (including phenoxy) is 4. The Balaban J connectivity index is 2.45. The quantitative estimate of drug-likeness (QED) is 0.200. The summed E-state index contributed by atoms with van der Waals surface area (Å²) >= 11 is 0. The highest BCUT2D eigenvalue weighted by molar-refractivity contribution is 5.79. The van der Waals surface area contributed by atoms with Gasteiger partial charge in [-0.1, -0.05) is 45.4 Å². The van der Waals surface area contributed by atoms with Crippen LogP contribution in [-0.4, -0.2) is 60.3 Å². The third-order valence-corrected chi connectivity index (χ3v) is 5.27. The molecule has 4 atom stereocenters. The predicted molar refractivity (Wildman–Crippen MR) is 115 cm³/mol. The molecule has 176 valence electrons. The maximum Gasteiger partial charge on any atom is 0.328 e. The summed E-state index contributed by atoms with van der Waals surface area (Å²) in [7, 11) is 1.59. The molecule has 1 aliphatic heterocycles. The molecule has 1 saturated heterocycles. The van der Waals surface area contributed by atoms with E-state index in [2.05, 4.69) is 6.92 Å². The van der Waals surface area contributed by atoms with Crippen LogP contribution in [0.25, 0.3) is 0 Å². The number of methoxy groups -OCH3 is 1. The van der Waals surface area contributed by atoms with Crippen LogP contribution < -0.4 is 0 Å². The van der Waals surface area contributed by atoms with E-state index in [1.165, 1.54) is 18.9 Å². The number of aliphatic hydroxyl groups is 1. The van der Waals surface area contributed by atoms with Crippen molar-refractivity contribution in [1.82, 2.24) is 0 Å². The third-order valence-electron chi connectivity index (χ3n) is 5.27. The fourth-order valence-electron chi connectivity index (χ4n) is 3.78. The van der Waals surface area contributed by atoms with Gasteiger partial charge >= 0.3 is 5.97 Å². The second-order valence-electron chi connectivity index (χ2n) is 8.55. The van der Waals surface area contributed by atoms with Gasteiger partial charge in [0.1, 0.15) is 12.9 Å². The Bertz CT molecular complexity index is 492. The lowest BCUT2D eigenvalue weighted by Gasteiger charge is -2.23. The lowest BCUT2D eigenvalue weighted by molar-refractivity contribution is -0.149. The van der Waals surface area contributed by atoms with Gasteiger partial charge in [-0.3, -0.25) is 0 Å². The zero-order valence-electron chi connectivity index (χ0n) is 19.2. The summed E-state index contributed by atoms with van der Waals surface area (Å²) in [4.78, 5) is 10.9. The molecule has 0 saturated carbocycles. The van der Waals surface area contributed by atoms with E-state index in [-0.39, 0.29) is 25.1 Å². The minimum atomic E-state index is -1.01. The van der Waals surface area contributed by atoms with Crippen molar-refractivity contribution in [2.45, 2.75) is 115 Å². The van der Waals surface area contributed by atoms with Crippen LogP contribution in [0, 0.1) is 0 Å². The van der Waals surface area contributed by atoms with Gasteiger partial charge in [-0.2, -0.15) is 0 Å². The van der Waals surface area contributed by atoms with E-state index in [1.807, 2.05) is 13.8 Å². The minimum absolute atomic E-state index is 0.0670. The van der Waals surface area contributed by atoms with Crippen molar-refractivity contribution in [1.29, 1.82) is 0 Å². The monoisotopic (exact) mass is 430 g/mol. The molecule has 0 aromatic heterocycles. The molecule has 1 aliphatic rings. The maximum atomic E-state index is 10.9. The van der Waals surface area contributed by atoms with E-state index >= 15 is 0 Å². The molecule has 0 unspecified atom stereocenters. The molecule has 7 nitrogen and oxygen atoms in total. The smallest absolute Gasteiger partial charge is 0.328 e. The maximum absolute atomic E-state index is 10.9. The summed E-state index contributed by atoms with van der Waals surface area (Å²) in [5.41, 5.74) is 0. The zero-order chi connectivity index (χ0) is 22.4. The highest BCUT2D eigenvalue weighted by atomic mass is 16.8. The van der Waals surface area contributed by atoms with Crippen LogP contribution in [0.1, 0.15) is 85.0 Å². The molecule has 0 spiro atoms. The first-order valence-corrected chi connectivity index (χ1v) is 11.3. The van der Waals surface area contributed by atoms with E-state index in [1.54, 1.807) is 7.11 Å². The van der Waals surface area contributed by atoms with Crippen molar-refractivity contribution in [3.05, 3.63) is 12.2 Å². The van der Waals surface area contributed by atoms with Gasteiger partial charge < -0.3 is 29.2 Å². The molecular weight excluding hydrogens is 388 g/mol. The number of aliphatic carboxylic acids is 1. The molecule has 0 aliphatic carbocycles. The summed E-state index contributed by atoms with van der Waals surface area (Å²) in [5.74, 6) is -1.77. The average Bonchev–Trinajstić information content (AvgIpc) is 2.97. The van der Waals surface area contributed by atoms with Crippen LogP contribution in [0.3, 0.4) is 0 Å². The van der Waals surface area contributed by atoms with Crippen LogP contribution in [-0.2, 0) is 23.7 Å². The van der Waals surface area contributed by atoms with Crippen LogP contribution >= 0.6 is 0 Å². The fraction of sp³-hybridized carbons (Fsp3) is 0.870. The van der Waals surface area contributed by atoms with Gasteiger partial charge in [0, 0.05) is 19.6 Å². The first-order valence-electron chi connectivity index (χ1n) is 11.3. The zero-order valence-corrected chi connectivity index (χ0v) is 19.2. The number of rotatable bonds is 17. The molecular formula is C23H42O7. The highest BCUT2D eigenvalue weighted by Gasteiger charge is 2.41. The van der Waals surface area contributed by atoms with Crippen LogP contribution in [0.5, 0.6) is 0 Å². The van der Waals surface area contributed by atoms with Crippen LogP contribution in [0.2, 0.25) is 0 Å². The van der Waals surface area contributed by atoms with Crippen molar-refractivity contribution in [3.63, 3.8) is 0 Å². The molecule has 2 N–H and O–H groups in total. The van der Waals surface area contributed by atoms with Crippen molar-refractivity contribution in [2.24, 2.45) is 0 Å². The van der Waals surface area contributed by atoms with Crippen molar-refractivity contribution < 1.29 is 34.0 Å². The number of aliphatic hydroxyl groups excluding tert-OH is 1. The molecule has 0 radical (unpaired) electrons. The Kier molecular flexibility index (Phi) is 13.4. The van der Waals surface area contributed by atoms with Crippen molar-refractivity contribution in [3.8, 4) is 0 Å². The molecule has 0 amide bonds. The fourth-order valence-corrected chi connectivity index (χ4v) is 3.78. The summed E-state index contributed by atoms with van der Waals surface area (Å²) in [6.07, 6.45) is 11.4. The largest absolute Gasteiger partial charge is 0.478 e. The summed E-state index contributed by atoms with van der Waals surface area (Å²) < 4.78 is 22.7. The number of unbranched alkanes of at least 4 members (excludes halogenated alkanes) is 4. The van der Waals surface area contributed by atoms with E-state index in [0.29, 0.717) is 6.42 Å². The summed E-state index contributed by atoms with van der Waals surface area (Å²) in [6.45, 7) is 6.02. The number of hydrogen-bond donors (Lipinski definition) is 2. The lowest BCUT2D eigenvalue weighted by atomic mass is 9.99. The van der Waals surface area contributed by atoms with E-state index in [0.717, 1.165) is 51.0 Å². The van der Waals surface area contributed by atoms with E-state index in [9.17, 15) is 9.90 Å². The third kappa shape index (κ3) is 12.0. The van der Waals surface area contributed by atoms with E-state index in [4.69, 9.17) is 24.1 Å². The minimum Gasteiger partial charge on any atom is -0.478 e. The highest BCUT2D eigenvalue weighted by Crippen LogP contribution is 2.32. The van der Waals surface area contributed by atoms with E-state index < -0.39 is 17.9 Å². The van der Waals surface area contributed by atoms with Gasteiger partial charge in [-0.05, 0) is 39.2 Å². The number of hydrogen-bond acceptors (Lipinski definition) is 6. The summed E-state index contributed by atoms with van der Waals surface area (Å²) in [6, 6.07) is 0. The molecule has 0 aromatic carbocycles. The number of carboxylic acid groups (broad SMARTS) is 1. The Labute approximate surface area is 181 Å². The van der Waals surface area contributed by atoms with Gasteiger partial charge in [0.15, 0.2) is 5.79 Å². The normalized spacial score (nSPS) is 23.1. The molecule has 1 heterocycles. The molecule has 30 heavy (non-hydrogen) atoms. The first kappa shape index (κ1) is 27.0. The van der Waals surface area contributed by atoms with Gasteiger partial charge in [-0.25, -0.2) is 4.79 Å². The Morgan fingerprint density at radius 1 is 1.10 bits per heavy atom. The van der Waals surface area contributed by atoms with Gasteiger partial charge in [0.2, 0.25) is 0 Å². The molecule has 0 aromatic rings. The number of carboxylic acids is 1. The van der Waals surface area contributed by atoms with Gasteiger partial charge in [0.25, 0.3) is 0 Å². The standard InChI is InChI=1S/C23H42O7/c1-5-6-8-11-18(24)12-9-7-10-13-19(28-17-27-4)16-21-20(14-15-22(25)26)29-23(2,3)30-21/h14-15,18-21,24H,5-13,16-17H2,1-4H3,(H,25,26)/b15-14+/t18-,19-,20-,21+/m1/s1. The SMILES string of the molecule is CCCCC[C@@H](O)CCCCC[C@H](C[C@@H]1OC(C)(C)O[C@@H]1/C=C/C(=O)O)OCOC. The van der Waals surface area contributed by atoms with Crippen LogP contribution in [0.4, 0.5) is 0 Å². The molecule has 1 rings (SSSR count). The molecule has 7 heteroatoms. The Morgan fingerprint density at radius 2 is 1.77 bits per heavy atom. The summed E-state index contributed by atoms with van der Waals surface area (Å²) in [5, 5.41) is 19.0. The van der Waals surface area contributed by atoms with Crippen LogP contribution in [0.15, 0.2) is 12.2 Å². The average molecular weight is 431 g/mol. The van der Waals surface area contributed by atoms with Crippen molar-refractivity contribution in [2.75, 3.05) is 13.9 Å². The number of carbonyl (C=O) groups is 1. The second kappa shape index (κ2) is 14.9. The van der Waals surface area contributed by atoms with Gasteiger partial charge in [0.05, 0.1) is 18.3 Å². The predicted octanol–water partition coefficient (Wildman–Crippen LogP) is 4.42. The second-order valence-corrected chi connectivity index (χ2v) is 8.55. The lowest BCUT2D eigenvalue weighted by Crippen LogP contribution is -2.29.